The molecule has 6 nitrogen and oxygen atoms in total. The van der Waals surface area contributed by atoms with E-state index in [2.05, 4.69) is 10.5 Å². The van der Waals surface area contributed by atoms with E-state index in [1.165, 1.54) is 19.1 Å². The Morgan fingerprint density at radius 3 is 2.65 bits per heavy atom. The molecule has 1 atom stereocenters. The third kappa shape index (κ3) is 3.87. The van der Waals surface area contributed by atoms with E-state index in [1.807, 2.05) is 0 Å². The molecule has 0 bridgehead atoms. The number of carbonyl (C=O) groups excluding carboxylic acids is 2. The van der Waals surface area contributed by atoms with Gasteiger partial charge in [0.1, 0.15) is 17.1 Å². The number of nitrogens with zero attached hydrogens (tertiary/aromatic N) is 1. The van der Waals surface area contributed by atoms with Crippen molar-refractivity contribution in [2.75, 3.05) is 5.32 Å². The quantitative estimate of drug-likeness (QED) is 0.864. The van der Waals surface area contributed by atoms with Gasteiger partial charge in [0.15, 0.2) is 6.10 Å². The average Bonchev–Trinajstić information content (AvgIpc) is 2.82. The highest BCUT2D eigenvalue weighted by molar-refractivity contribution is 6.31. The van der Waals surface area contributed by atoms with Crippen molar-refractivity contribution in [3.05, 3.63) is 46.1 Å². The molecule has 0 aliphatic carbocycles. The van der Waals surface area contributed by atoms with Gasteiger partial charge in [-0.1, -0.05) is 16.8 Å². The van der Waals surface area contributed by atoms with E-state index < -0.39 is 23.8 Å². The van der Waals surface area contributed by atoms with E-state index in [0.717, 1.165) is 6.07 Å². The maximum absolute atomic E-state index is 13.1. The Bertz CT molecular complexity index is 740. The predicted molar refractivity (Wildman–Crippen MR) is 80.9 cm³/mol. The van der Waals surface area contributed by atoms with Crippen molar-refractivity contribution >= 4 is 29.2 Å². The van der Waals surface area contributed by atoms with Crippen molar-refractivity contribution in [1.82, 2.24) is 5.16 Å². The number of benzene rings is 1. The molecule has 0 unspecified atom stereocenters. The minimum absolute atomic E-state index is 0.122. The summed E-state index contributed by atoms with van der Waals surface area (Å²) in [6.45, 7) is 4.58. The van der Waals surface area contributed by atoms with Crippen molar-refractivity contribution in [3.63, 3.8) is 0 Å². The highest BCUT2D eigenvalue weighted by Crippen LogP contribution is 2.20. The second-order valence-corrected chi connectivity index (χ2v) is 5.27. The first kappa shape index (κ1) is 17.0. The molecule has 0 radical (unpaired) electrons. The fraction of sp³-hybridized carbons (Fsp3) is 0.267. The molecule has 1 aromatic heterocycles. The number of halogens is 2. The molecule has 2 rings (SSSR count). The molecular formula is C15H14ClFN2O4. The number of aryl methyl sites for hydroxylation is 2. The Morgan fingerprint density at radius 2 is 2.09 bits per heavy atom. The number of esters is 1. The molecule has 0 saturated heterocycles. The van der Waals surface area contributed by atoms with Gasteiger partial charge in [0.2, 0.25) is 0 Å². The summed E-state index contributed by atoms with van der Waals surface area (Å²) in [7, 11) is 0. The summed E-state index contributed by atoms with van der Waals surface area (Å²) in [5.74, 6) is -1.57. The van der Waals surface area contributed by atoms with Crippen LogP contribution in [-0.4, -0.2) is 23.1 Å². The zero-order chi connectivity index (χ0) is 17.1. The predicted octanol–water partition coefficient (Wildman–Crippen LogP) is 3.27. The van der Waals surface area contributed by atoms with E-state index in [9.17, 15) is 14.0 Å². The summed E-state index contributed by atoms with van der Waals surface area (Å²) < 4.78 is 23.0. The molecule has 0 saturated carbocycles. The number of amides is 1. The highest BCUT2D eigenvalue weighted by atomic mass is 35.5. The van der Waals surface area contributed by atoms with Crippen molar-refractivity contribution in [1.29, 1.82) is 0 Å². The molecule has 1 aromatic carbocycles. The first-order valence-corrected chi connectivity index (χ1v) is 7.07. The molecule has 2 aromatic rings. The molecule has 0 spiro atoms. The van der Waals surface area contributed by atoms with Gasteiger partial charge in [0.25, 0.3) is 5.91 Å². The van der Waals surface area contributed by atoms with Crippen LogP contribution in [-0.2, 0) is 9.53 Å². The van der Waals surface area contributed by atoms with Gasteiger partial charge in [-0.2, -0.15) is 0 Å². The maximum atomic E-state index is 13.1. The fourth-order valence-electron chi connectivity index (χ4n) is 1.87. The van der Waals surface area contributed by atoms with E-state index in [0.29, 0.717) is 17.1 Å². The van der Waals surface area contributed by atoms with Crippen LogP contribution in [0.2, 0.25) is 5.02 Å². The van der Waals surface area contributed by atoms with Gasteiger partial charge in [-0.05, 0) is 39.0 Å². The van der Waals surface area contributed by atoms with Crippen molar-refractivity contribution < 1.29 is 23.2 Å². The smallest absolute Gasteiger partial charge is 0.344 e. The number of ether oxygens (including phenoxy) is 1. The van der Waals surface area contributed by atoms with Crippen LogP contribution >= 0.6 is 11.6 Å². The van der Waals surface area contributed by atoms with Crippen LogP contribution in [0.25, 0.3) is 0 Å². The fourth-order valence-corrected chi connectivity index (χ4v) is 2.05. The van der Waals surface area contributed by atoms with Gasteiger partial charge >= 0.3 is 5.97 Å². The van der Waals surface area contributed by atoms with Gasteiger partial charge in [-0.25, -0.2) is 9.18 Å². The lowest BCUT2D eigenvalue weighted by molar-refractivity contribution is -0.123. The summed E-state index contributed by atoms with van der Waals surface area (Å²) in [6, 6.07) is 3.73. The van der Waals surface area contributed by atoms with E-state index in [-0.39, 0.29) is 10.6 Å². The Morgan fingerprint density at radius 1 is 1.39 bits per heavy atom. The summed E-state index contributed by atoms with van der Waals surface area (Å²) in [5.41, 5.74) is 0.863. The summed E-state index contributed by atoms with van der Waals surface area (Å²) >= 11 is 5.63. The van der Waals surface area contributed by atoms with E-state index in [4.69, 9.17) is 20.9 Å². The molecule has 23 heavy (non-hydrogen) atoms. The standard InChI is InChI=1S/C15H14ClFN2O4/c1-7-13(8(2)23-19-7)15(21)22-9(3)14(20)18-10-4-5-12(17)11(16)6-10/h4-6,9H,1-3H3,(H,18,20)/t9-/m0/s1. The zero-order valence-corrected chi connectivity index (χ0v) is 13.4. The molecule has 0 aliphatic rings. The summed E-state index contributed by atoms with van der Waals surface area (Å²) in [4.78, 5) is 24.1. The Labute approximate surface area is 136 Å². The van der Waals surface area contributed by atoms with Gasteiger partial charge < -0.3 is 14.6 Å². The Hall–Kier alpha value is -2.41. The topological polar surface area (TPSA) is 81.4 Å². The SMILES string of the molecule is Cc1noc(C)c1C(=O)O[C@@H](C)C(=O)Nc1ccc(F)c(Cl)c1. The zero-order valence-electron chi connectivity index (χ0n) is 12.6. The molecule has 1 heterocycles. The minimum atomic E-state index is -1.07. The molecule has 1 amide bonds. The lowest BCUT2D eigenvalue weighted by atomic mass is 10.2. The molecular weight excluding hydrogens is 327 g/mol. The monoisotopic (exact) mass is 340 g/mol. The number of rotatable bonds is 4. The van der Waals surface area contributed by atoms with Crippen molar-refractivity contribution in [3.8, 4) is 0 Å². The van der Waals surface area contributed by atoms with Crippen molar-refractivity contribution in [2.24, 2.45) is 0 Å². The van der Waals surface area contributed by atoms with E-state index in [1.54, 1.807) is 13.8 Å². The number of nitrogens with one attached hydrogen (secondary N) is 1. The van der Waals surface area contributed by atoms with Crippen LogP contribution in [0.4, 0.5) is 10.1 Å². The Kier molecular flexibility index (Phi) is 5.00. The second-order valence-electron chi connectivity index (χ2n) is 4.86. The van der Waals surface area contributed by atoms with Gasteiger partial charge in [0.05, 0.1) is 10.7 Å². The average molecular weight is 341 g/mol. The first-order chi connectivity index (χ1) is 10.8. The molecule has 0 fully saturated rings. The lowest BCUT2D eigenvalue weighted by Gasteiger charge is -2.13. The maximum Gasteiger partial charge on any atom is 0.344 e. The number of hydrogen-bond acceptors (Lipinski definition) is 5. The second kappa shape index (κ2) is 6.78. The van der Waals surface area contributed by atoms with Crippen LogP contribution in [0.3, 0.4) is 0 Å². The largest absolute Gasteiger partial charge is 0.449 e. The number of carbonyl (C=O) groups is 2. The number of aromatic nitrogens is 1. The third-order valence-electron chi connectivity index (χ3n) is 3.08. The van der Waals surface area contributed by atoms with Crippen molar-refractivity contribution in [2.45, 2.75) is 26.9 Å². The van der Waals surface area contributed by atoms with E-state index >= 15 is 0 Å². The van der Waals surface area contributed by atoms with Crippen LogP contribution in [0.5, 0.6) is 0 Å². The van der Waals surface area contributed by atoms with Crippen LogP contribution < -0.4 is 5.32 Å². The Balaban J connectivity index is 2.02. The van der Waals surface area contributed by atoms with Gasteiger partial charge in [-0.15, -0.1) is 0 Å². The third-order valence-corrected chi connectivity index (χ3v) is 3.37. The number of hydrogen-bond donors (Lipinski definition) is 1. The highest BCUT2D eigenvalue weighted by Gasteiger charge is 2.24. The van der Waals surface area contributed by atoms with Gasteiger partial charge in [-0.3, -0.25) is 4.79 Å². The summed E-state index contributed by atoms with van der Waals surface area (Å²) in [6.07, 6.45) is -1.07. The molecule has 1 N–H and O–H groups in total. The normalized spacial score (nSPS) is 11.9. The lowest BCUT2D eigenvalue weighted by Crippen LogP contribution is -2.30. The summed E-state index contributed by atoms with van der Waals surface area (Å²) in [5, 5.41) is 6.01. The van der Waals surface area contributed by atoms with Gasteiger partial charge in [0, 0.05) is 5.69 Å². The van der Waals surface area contributed by atoms with Crippen LogP contribution in [0.1, 0.15) is 28.7 Å². The molecule has 0 aliphatic heterocycles. The van der Waals surface area contributed by atoms with Crippen LogP contribution in [0.15, 0.2) is 22.7 Å². The first-order valence-electron chi connectivity index (χ1n) is 6.69. The number of anilines is 1. The van der Waals surface area contributed by atoms with Crippen LogP contribution in [0, 0.1) is 19.7 Å². The minimum Gasteiger partial charge on any atom is -0.449 e. The molecule has 8 heteroatoms. The molecule has 122 valence electrons.